The Bertz CT molecular complexity index is 1030. The number of thiazole rings is 1. The molecule has 1 atom stereocenters. The van der Waals surface area contributed by atoms with Crippen LogP contribution in [0.4, 0.5) is 0 Å². The van der Waals surface area contributed by atoms with Gasteiger partial charge in [-0.1, -0.05) is 41.4 Å². The topological polar surface area (TPSA) is 54.5 Å². The van der Waals surface area contributed by atoms with Gasteiger partial charge in [0.25, 0.3) is 0 Å². The van der Waals surface area contributed by atoms with E-state index in [2.05, 4.69) is 21.3 Å². The molecule has 3 aromatic rings. The average molecular weight is 470 g/mol. The van der Waals surface area contributed by atoms with Gasteiger partial charge in [0.05, 0.1) is 18.2 Å². The average Bonchev–Trinajstić information content (AvgIpc) is 3.46. The summed E-state index contributed by atoms with van der Waals surface area (Å²) >= 11 is 7.73. The third-order valence-corrected chi connectivity index (χ3v) is 6.74. The van der Waals surface area contributed by atoms with E-state index in [1.807, 2.05) is 54.8 Å². The normalized spacial score (nSPS) is 14.9. The predicted molar refractivity (Wildman–Crippen MR) is 129 cm³/mol. The first-order valence-electron chi connectivity index (χ1n) is 11.0. The number of aryl methyl sites for hydroxylation is 1. The molecule has 168 valence electrons. The SMILES string of the molecule is Cc1ccc(OCc2nc(CC(=O)NCC(c3cccc(Cl)c3)N3CCCC3)cs2)cc1. The second kappa shape index (κ2) is 10.9. The van der Waals surface area contributed by atoms with Gasteiger partial charge in [0, 0.05) is 16.9 Å². The van der Waals surface area contributed by atoms with Gasteiger partial charge in [-0.05, 0) is 62.7 Å². The number of hydrogen-bond acceptors (Lipinski definition) is 5. The number of aromatic nitrogens is 1. The fraction of sp³-hybridized carbons (Fsp3) is 0.360. The minimum Gasteiger partial charge on any atom is -0.486 e. The van der Waals surface area contributed by atoms with Crippen molar-refractivity contribution in [2.45, 2.75) is 38.8 Å². The number of carbonyl (C=O) groups excluding carboxylic acids is 1. The van der Waals surface area contributed by atoms with Crippen LogP contribution in [0.5, 0.6) is 5.75 Å². The molecule has 1 saturated heterocycles. The highest BCUT2D eigenvalue weighted by molar-refractivity contribution is 7.09. The molecule has 0 aliphatic carbocycles. The standard InChI is InChI=1S/C25H28ClN3O2S/c1-18-7-9-22(10-8-18)31-16-25-28-21(17-32-25)14-24(30)27-15-23(29-11-2-3-12-29)19-5-4-6-20(26)13-19/h4-10,13,17,23H,2-3,11-12,14-16H2,1H3,(H,27,30). The van der Waals surface area contributed by atoms with Gasteiger partial charge in [0.2, 0.25) is 5.91 Å². The van der Waals surface area contributed by atoms with Crippen LogP contribution in [0.3, 0.4) is 0 Å². The maximum Gasteiger partial charge on any atom is 0.226 e. The molecule has 1 aliphatic heterocycles. The van der Waals surface area contributed by atoms with Gasteiger partial charge in [0.1, 0.15) is 17.4 Å². The second-order valence-electron chi connectivity index (χ2n) is 8.13. The molecule has 1 aromatic heterocycles. The lowest BCUT2D eigenvalue weighted by atomic mass is 10.1. The smallest absolute Gasteiger partial charge is 0.226 e. The Balaban J connectivity index is 1.30. The summed E-state index contributed by atoms with van der Waals surface area (Å²) in [5.41, 5.74) is 3.11. The number of amides is 1. The Labute approximate surface area is 198 Å². The highest BCUT2D eigenvalue weighted by atomic mass is 35.5. The first-order valence-corrected chi connectivity index (χ1v) is 12.2. The summed E-state index contributed by atoms with van der Waals surface area (Å²) in [5.74, 6) is 0.798. The van der Waals surface area contributed by atoms with Crippen molar-refractivity contribution in [3.8, 4) is 5.75 Å². The van der Waals surface area contributed by atoms with E-state index < -0.39 is 0 Å². The number of ether oxygens (including phenoxy) is 1. The summed E-state index contributed by atoms with van der Waals surface area (Å²) in [6, 6.07) is 16.0. The molecule has 1 aliphatic rings. The number of hydrogen-bond donors (Lipinski definition) is 1. The molecule has 0 radical (unpaired) electrons. The zero-order valence-corrected chi connectivity index (χ0v) is 19.8. The van der Waals surface area contributed by atoms with E-state index in [9.17, 15) is 4.79 Å². The van der Waals surface area contributed by atoms with Crippen LogP contribution in [0.2, 0.25) is 5.02 Å². The molecular weight excluding hydrogens is 442 g/mol. The Morgan fingerprint density at radius 1 is 1.22 bits per heavy atom. The Morgan fingerprint density at radius 2 is 2.00 bits per heavy atom. The Morgan fingerprint density at radius 3 is 2.75 bits per heavy atom. The number of carbonyl (C=O) groups is 1. The van der Waals surface area contributed by atoms with Crippen molar-refractivity contribution in [1.82, 2.24) is 15.2 Å². The van der Waals surface area contributed by atoms with Crippen molar-refractivity contribution in [3.63, 3.8) is 0 Å². The summed E-state index contributed by atoms with van der Waals surface area (Å²) in [6.07, 6.45) is 2.65. The summed E-state index contributed by atoms with van der Waals surface area (Å²) in [5, 5.41) is 6.63. The monoisotopic (exact) mass is 469 g/mol. The lowest BCUT2D eigenvalue weighted by Gasteiger charge is -2.28. The van der Waals surface area contributed by atoms with Crippen LogP contribution in [-0.2, 0) is 17.8 Å². The van der Waals surface area contributed by atoms with E-state index in [1.54, 1.807) is 0 Å². The van der Waals surface area contributed by atoms with Crippen LogP contribution < -0.4 is 10.1 Å². The third kappa shape index (κ3) is 6.31. The number of nitrogens with one attached hydrogen (secondary N) is 1. The molecule has 2 heterocycles. The van der Waals surface area contributed by atoms with Gasteiger partial charge in [-0.2, -0.15) is 0 Å². The number of nitrogens with zero attached hydrogens (tertiary/aromatic N) is 2. The first kappa shape index (κ1) is 22.8. The van der Waals surface area contributed by atoms with Crippen LogP contribution in [-0.4, -0.2) is 35.4 Å². The number of halogens is 1. The van der Waals surface area contributed by atoms with Gasteiger partial charge in [-0.25, -0.2) is 4.98 Å². The van der Waals surface area contributed by atoms with Crippen LogP contribution in [0.25, 0.3) is 0 Å². The molecule has 5 nitrogen and oxygen atoms in total. The van der Waals surface area contributed by atoms with Crippen LogP contribution in [0, 0.1) is 6.92 Å². The van der Waals surface area contributed by atoms with E-state index in [0.29, 0.717) is 13.2 Å². The molecular formula is C25H28ClN3O2S. The van der Waals surface area contributed by atoms with Gasteiger partial charge in [0.15, 0.2) is 0 Å². The molecule has 0 saturated carbocycles. The highest BCUT2D eigenvalue weighted by Crippen LogP contribution is 2.26. The van der Waals surface area contributed by atoms with Crippen molar-refractivity contribution >= 4 is 28.8 Å². The third-order valence-electron chi connectivity index (χ3n) is 5.63. The summed E-state index contributed by atoms with van der Waals surface area (Å²) in [7, 11) is 0. The van der Waals surface area contributed by atoms with Crippen molar-refractivity contribution in [1.29, 1.82) is 0 Å². The van der Waals surface area contributed by atoms with Crippen LogP contribution >= 0.6 is 22.9 Å². The van der Waals surface area contributed by atoms with E-state index in [0.717, 1.165) is 40.1 Å². The van der Waals surface area contributed by atoms with Crippen LogP contribution in [0.1, 0.15) is 40.7 Å². The van der Waals surface area contributed by atoms with Crippen molar-refractivity contribution in [2.24, 2.45) is 0 Å². The fourth-order valence-electron chi connectivity index (χ4n) is 3.94. The highest BCUT2D eigenvalue weighted by Gasteiger charge is 2.24. The molecule has 1 N–H and O–H groups in total. The fourth-order valence-corrected chi connectivity index (χ4v) is 4.84. The largest absolute Gasteiger partial charge is 0.486 e. The van der Waals surface area contributed by atoms with E-state index in [-0.39, 0.29) is 18.4 Å². The van der Waals surface area contributed by atoms with Crippen molar-refractivity contribution in [3.05, 3.63) is 80.8 Å². The predicted octanol–water partition coefficient (Wildman–Crippen LogP) is 5.18. The summed E-state index contributed by atoms with van der Waals surface area (Å²) in [4.78, 5) is 19.6. The molecule has 4 rings (SSSR count). The number of likely N-dealkylation sites (tertiary alicyclic amines) is 1. The summed E-state index contributed by atoms with van der Waals surface area (Å²) < 4.78 is 5.79. The Kier molecular flexibility index (Phi) is 7.79. The number of benzene rings is 2. The lowest BCUT2D eigenvalue weighted by Crippen LogP contribution is -2.37. The Hall–Kier alpha value is -2.41. The van der Waals surface area contributed by atoms with Gasteiger partial charge >= 0.3 is 0 Å². The molecule has 0 bridgehead atoms. The second-order valence-corrected chi connectivity index (χ2v) is 9.51. The summed E-state index contributed by atoms with van der Waals surface area (Å²) in [6.45, 7) is 5.10. The minimum atomic E-state index is -0.0208. The van der Waals surface area contributed by atoms with Gasteiger partial charge in [-0.3, -0.25) is 9.69 Å². The lowest BCUT2D eigenvalue weighted by molar-refractivity contribution is -0.120. The molecule has 7 heteroatoms. The van der Waals surface area contributed by atoms with Gasteiger partial charge in [-0.15, -0.1) is 11.3 Å². The zero-order chi connectivity index (χ0) is 22.3. The number of rotatable bonds is 9. The van der Waals surface area contributed by atoms with E-state index in [1.165, 1.54) is 29.7 Å². The molecule has 0 spiro atoms. The molecule has 1 amide bonds. The molecule has 1 unspecified atom stereocenters. The van der Waals surface area contributed by atoms with Crippen LogP contribution in [0.15, 0.2) is 53.9 Å². The molecule has 2 aromatic carbocycles. The maximum absolute atomic E-state index is 12.6. The van der Waals surface area contributed by atoms with E-state index >= 15 is 0 Å². The minimum absolute atomic E-state index is 0.0208. The molecule has 32 heavy (non-hydrogen) atoms. The first-order chi connectivity index (χ1) is 15.6. The van der Waals surface area contributed by atoms with Crippen molar-refractivity contribution in [2.75, 3.05) is 19.6 Å². The molecule has 1 fully saturated rings. The van der Waals surface area contributed by atoms with E-state index in [4.69, 9.17) is 16.3 Å². The maximum atomic E-state index is 12.6. The zero-order valence-electron chi connectivity index (χ0n) is 18.2. The van der Waals surface area contributed by atoms with Gasteiger partial charge < -0.3 is 10.1 Å². The quantitative estimate of drug-likeness (QED) is 0.469. The van der Waals surface area contributed by atoms with Crippen molar-refractivity contribution < 1.29 is 9.53 Å².